The van der Waals surface area contributed by atoms with Gasteiger partial charge in [-0.1, -0.05) is 72.8 Å². The summed E-state index contributed by atoms with van der Waals surface area (Å²) < 4.78 is 18.6. The molecule has 2 aliphatic rings. The lowest BCUT2D eigenvalue weighted by Crippen LogP contribution is -2.46. The number of nitrogens with two attached hydrogens (primary N) is 2. The normalized spacial score (nSPS) is 14.6. The molecule has 0 aliphatic carbocycles. The van der Waals surface area contributed by atoms with E-state index >= 15 is 0 Å². The maximum Gasteiger partial charge on any atom is 0.160 e. The number of hydrogen-bond acceptors (Lipinski definition) is 13. The molecule has 2 fully saturated rings. The summed E-state index contributed by atoms with van der Waals surface area (Å²) in [7, 11) is 1.69. The highest BCUT2D eigenvalue weighted by molar-refractivity contribution is 5.93. The molecule has 0 saturated carbocycles. The number of aliphatic imine (C=N–C) groups is 1. The average Bonchev–Trinajstić information content (AvgIpc) is 3.79. The monoisotopic (exact) mass is 924 g/mol. The van der Waals surface area contributed by atoms with Crippen molar-refractivity contribution < 1.29 is 9.13 Å². The van der Waals surface area contributed by atoms with Crippen molar-refractivity contribution in [2.45, 2.75) is 13.8 Å². The van der Waals surface area contributed by atoms with Gasteiger partial charge in [0.2, 0.25) is 0 Å². The minimum atomic E-state index is -0.230. The first-order valence-corrected chi connectivity index (χ1v) is 22.8. The van der Waals surface area contributed by atoms with E-state index in [1.807, 2.05) is 122 Å². The number of hydrogen-bond donors (Lipinski definition) is 4. The summed E-state index contributed by atoms with van der Waals surface area (Å²) in [4.78, 5) is 32.4. The standard InChI is InChI=1S/C27H29N7O.C26H28FN7/c1-20-18-26(32-31-20)29-25-19-27(30-24(28-25)13-8-21-6-4-3-5-7-21)34-16-14-33(15-17-34)22-9-11-23(35-2)12-10-22;1-19(28)17-23(29)30-25-18-26(32-24(31-25)12-7-20-5-3-2-4-6-20)34-15-13-33(14-16-34)22-10-8-21(27)9-11-22/h3-13,18-19H,14-17H2,1-2H3,(H2,28,29,30,31,32);2-12,17-18H,13-16,28H2,1H3,(H2,29,30,31,32)/b13-8+;12-7+,19-17-. The number of halogens is 1. The molecule has 2 saturated heterocycles. The quantitative estimate of drug-likeness (QED) is 0.0638. The molecule has 4 aromatic carbocycles. The topological polar surface area (TPSA) is 179 Å². The fourth-order valence-corrected chi connectivity index (χ4v) is 7.80. The first-order chi connectivity index (χ1) is 33.6. The number of nitrogens with one attached hydrogen (secondary N) is 2. The highest BCUT2D eigenvalue weighted by atomic mass is 19.1. The lowest BCUT2D eigenvalue weighted by atomic mass is 10.2. The second kappa shape index (κ2) is 22.8. The van der Waals surface area contributed by atoms with Crippen LogP contribution in [0.4, 0.5) is 44.9 Å². The molecule has 0 radical (unpaired) electrons. The number of methoxy groups -OCH3 is 1. The molecular formula is C53H57FN14O. The molecule has 0 bridgehead atoms. The van der Waals surface area contributed by atoms with E-state index in [4.69, 9.17) is 31.2 Å². The molecule has 6 N–H and O–H groups in total. The third-order valence-corrected chi connectivity index (χ3v) is 11.3. The van der Waals surface area contributed by atoms with E-state index in [2.05, 4.69) is 69.4 Å². The van der Waals surface area contributed by atoms with E-state index in [9.17, 15) is 4.39 Å². The maximum absolute atomic E-state index is 13.3. The van der Waals surface area contributed by atoms with Gasteiger partial charge in [-0.15, -0.1) is 0 Å². The van der Waals surface area contributed by atoms with Gasteiger partial charge >= 0.3 is 0 Å². The van der Waals surface area contributed by atoms with Crippen molar-refractivity contribution in [3.63, 3.8) is 0 Å². The first-order valence-electron chi connectivity index (χ1n) is 22.8. The van der Waals surface area contributed by atoms with E-state index in [-0.39, 0.29) is 11.7 Å². The Morgan fingerprint density at radius 1 is 0.623 bits per heavy atom. The van der Waals surface area contributed by atoms with Gasteiger partial charge in [-0.3, -0.25) is 5.10 Å². The van der Waals surface area contributed by atoms with Crippen LogP contribution in [-0.4, -0.2) is 95.4 Å². The highest BCUT2D eigenvalue weighted by Crippen LogP contribution is 2.26. The molecule has 7 aromatic rings. The van der Waals surface area contributed by atoms with Crippen molar-refractivity contribution in [1.82, 2.24) is 30.1 Å². The zero-order valence-corrected chi connectivity index (χ0v) is 39.1. The van der Waals surface area contributed by atoms with E-state index in [1.165, 1.54) is 17.8 Å². The molecule has 15 nitrogen and oxygen atoms in total. The van der Waals surface area contributed by atoms with Gasteiger partial charge in [0.15, 0.2) is 23.3 Å². The predicted octanol–water partition coefficient (Wildman–Crippen LogP) is 8.72. The predicted molar refractivity (Wildman–Crippen MR) is 279 cm³/mol. The Hall–Kier alpha value is -8.53. The number of rotatable bonds is 13. The number of H-pyrrole nitrogens is 1. The van der Waals surface area contributed by atoms with Crippen LogP contribution in [0.25, 0.3) is 24.3 Å². The van der Waals surface area contributed by atoms with Crippen LogP contribution in [0, 0.1) is 12.7 Å². The van der Waals surface area contributed by atoms with Crippen LogP contribution in [0.2, 0.25) is 0 Å². The fourth-order valence-electron chi connectivity index (χ4n) is 7.80. The van der Waals surface area contributed by atoms with Gasteiger partial charge in [-0.05, 0) is 91.7 Å². The van der Waals surface area contributed by atoms with E-state index in [1.54, 1.807) is 20.1 Å². The van der Waals surface area contributed by atoms with Crippen LogP contribution in [-0.2, 0) is 0 Å². The smallest absolute Gasteiger partial charge is 0.160 e. The van der Waals surface area contributed by atoms with Crippen LogP contribution in [0.5, 0.6) is 5.75 Å². The number of anilines is 6. The number of piperazine rings is 2. The van der Waals surface area contributed by atoms with Gasteiger partial charge < -0.3 is 41.1 Å². The summed E-state index contributed by atoms with van der Waals surface area (Å²) in [6, 6.07) is 40.7. The van der Waals surface area contributed by atoms with Gasteiger partial charge in [0.1, 0.15) is 34.9 Å². The molecule has 3 aromatic heterocycles. The number of aryl methyl sites for hydroxylation is 1. The summed E-state index contributed by atoms with van der Waals surface area (Å²) in [5, 5.41) is 10.6. The fraction of sp³-hybridized carbons (Fsp3) is 0.208. The number of ether oxygens (including phenoxy) is 1. The van der Waals surface area contributed by atoms with Gasteiger partial charge in [-0.2, -0.15) is 5.10 Å². The molecular weight excluding hydrogens is 868 g/mol. The Bertz CT molecular complexity index is 2870. The number of aromatic amines is 1. The number of allylic oxidation sites excluding steroid dienone is 1. The number of amidine groups is 1. The molecule has 69 heavy (non-hydrogen) atoms. The molecule has 0 atom stereocenters. The molecule has 0 spiro atoms. The van der Waals surface area contributed by atoms with Gasteiger partial charge in [0, 0.05) is 93.3 Å². The summed E-state index contributed by atoms with van der Waals surface area (Å²) in [6.45, 7) is 10.4. The van der Waals surface area contributed by atoms with Crippen LogP contribution in [0.3, 0.4) is 0 Å². The Morgan fingerprint density at radius 2 is 1.13 bits per heavy atom. The van der Waals surface area contributed by atoms with E-state index in [0.29, 0.717) is 29.0 Å². The Labute approximate surface area is 402 Å². The summed E-state index contributed by atoms with van der Waals surface area (Å²) in [5.74, 6) is 5.71. The lowest BCUT2D eigenvalue weighted by molar-refractivity contribution is 0.415. The van der Waals surface area contributed by atoms with Crippen molar-refractivity contribution in [2.24, 2.45) is 16.5 Å². The Balaban J connectivity index is 0.000000186. The Kier molecular flexibility index (Phi) is 15.5. The van der Waals surface area contributed by atoms with Crippen LogP contribution in [0.1, 0.15) is 35.4 Å². The third-order valence-electron chi connectivity index (χ3n) is 11.3. The van der Waals surface area contributed by atoms with Gasteiger partial charge in [-0.25, -0.2) is 29.3 Å². The number of nitrogens with zero attached hydrogens (tertiary/aromatic N) is 10. The maximum atomic E-state index is 13.3. The highest BCUT2D eigenvalue weighted by Gasteiger charge is 2.21. The van der Waals surface area contributed by atoms with Crippen molar-refractivity contribution in [3.05, 3.63) is 173 Å². The minimum absolute atomic E-state index is 0.230. The minimum Gasteiger partial charge on any atom is -0.497 e. The zero-order chi connectivity index (χ0) is 48.0. The second-order valence-corrected chi connectivity index (χ2v) is 16.5. The molecule has 2 aliphatic heterocycles. The molecule has 352 valence electrons. The van der Waals surface area contributed by atoms with Crippen LogP contribution in [0.15, 0.2) is 144 Å². The largest absolute Gasteiger partial charge is 0.497 e. The molecule has 5 heterocycles. The van der Waals surface area contributed by atoms with Crippen LogP contribution < -0.4 is 41.1 Å². The first kappa shape index (κ1) is 47.0. The number of aromatic nitrogens is 6. The molecule has 9 rings (SSSR count). The average molecular weight is 925 g/mol. The lowest BCUT2D eigenvalue weighted by Gasteiger charge is -2.36. The molecule has 16 heteroatoms. The van der Waals surface area contributed by atoms with Crippen LogP contribution >= 0.6 is 0 Å². The molecule has 0 unspecified atom stereocenters. The van der Waals surface area contributed by atoms with Gasteiger partial charge in [0.05, 0.1) is 7.11 Å². The second-order valence-electron chi connectivity index (χ2n) is 16.5. The zero-order valence-electron chi connectivity index (χ0n) is 39.1. The summed E-state index contributed by atoms with van der Waals surface area (Å²) in [5.41, 5.74) is 17.7. The SMILES string of the molecule is C/C(N)=C/C(N)=N\c1cc(N2CCN(c3ccc(F)cc3)CC2)nc(/C=C/c2ccccc2)n1.COc1ccc(N2CCN(c3cc(Nc4cc(C)[nH]n4)nc(/C=C/c4ccccc4)n3)CC2)cc1. The number of benzene rings is 4. The van der Waals surface area contributed by atoms with Gasteiger partial charge in [0.25, 0.3) is 0 Å². The van der Waals surface area contributed by atoms with Crippen molar-refractivity contribution in [2.75, 3.05) is 84.4 Å². The van der Waals surface area contributed by atoms with Crippen molar-refractivity contribution in [3.8, 4) is 5.75 Å². The third kappa shape index (κ3) is 13.5. The summed E-state index contributed by atoms with van der Waals surface area (Å²) >= 11 is 0. The summed E-state index contributed by atoms with van der Waals surface area (Å²) in [6.07, 6.45) is 9.42. The van der Waals surface area contributed by atoms with E-state index < -0.39 is 0 Å². The van der Waals surface area contributed by atoms with Crippen molar-refractivity contribution in [1.29, 1.82) is 0 Å². The van der Waals surface area contributed by atoms with Crippen molar-refractivity contribution >= 4 is 70.6 Å². The molecule has 0 amide bonds. The van der Waals surface area contributed by atoms with E-state index in [0.717, 1.165) is 98.1 Å². The Morgan fingerprint density at radius 3 is 1.64 bits per heavy atom.